The minimum atomic E-state index is -0.684. The molecular weight excluding hydrogens is 528 g/mol. The molecule has 0 spiro atoms. The van der Waals surface area contributed by atoms with E-state index >= 15 is 0 Å². The Morgan fingerprint density at radius 2 is 1.54 bits per heavy atom. The number of ether oxygens (including phenoxy) is 2. The summed E-state index contributed by atoms with van der Waals surface area (Å²) >= 11 is 0. The SMILES string of the molecule is CCC[C@@H](C(=O)N1CCN(C(=O)OC(C)(C)C)CC1)n1cc([C@H](Cc2ccc(O)cc2)NC(=O)OC(C)(C)C)nn1. The van der Waals surface area contributed by atoms with E-state index in [2.05, 4.69) is 15.6 Å². The molecule has 0 aliphatic carbocycles. The average molecular weight is 573 g/mol. The zero-order valence-electron chi connectivity index (χ0n) is 25.2. The highest BCUT2D eigenvalue weighted by Crippen LogP contribution is 2.23. The number of aromatic nitrogens is 3. The standard InChI is InChI=1S/C29H44N6O6/c1-8-9-24(25(37)33-14-16-34(17-15-33)27(39)41-29(5,6)7)35-19-23(31-32-35)22(30-26(38)40-28(2,3)4)18-20-10-12-21(36)13-11-20/h10-13,19,22,24,36H,8-9,14-18H2,1-7H3,(H,30,38)/t22-,24-/m0/s1. The van der Waals surface area contributed by atoms with Crippen molar-refractivity contribution in [3.8, 4) is 5.75 Å². The lowest BCUT2D eigenvalue weighted by molar-refractivity contribution is -0.137. The Labute approximate surface area is 242 Å². The minimum Gasteiger partial charge on any atom is -0.508 e. The summed E-state index contributed by atoms with van der Waals surface area (Å²) < 4.78 is 12.5. The van der Waals surface area contributed by atoms with Crippen LogP contribution in [0.25, 0.3) is 0 Å². The molecule has 1 aliphatic rings. The third-order valence-corrected chi connectivity index (χ3v) is 6.36. The molecule has 3 rings (SSSR count). The largest absolute Gasteiger partial charge is 0.508 e. The predicted octanol–water partition coefficient (Wildman–Crippen LogP) is 4.21. The van der Waals surface area contributed by atoms with E-state index in [1.54, 1.807) is 65.7 Å². The maximum absolute atomic E-state index is 13.6. The fraction of sp³-hybridized carbons (Fsp3) is 0.621. The van der Waals surface area contributed by atoms with Gasteiger partial charge >= 0.3 is 12.2 Å². The van der Waals surface area contributed by atoms with Crippen molar-refractivity contribution in [2.45, 2.75) is 91.0 Å². The first-order valence-corrected chi connectivity index (χ1v) is 14.1. The summed E-state index contributed by atoms with van der Waals surface area (Å²) in [6.07, 6.45) is 2.38. The van der Waals surface area contributed by atoms with Crippen LogP contribution in [0.2, 0.25) is 0 Å². The highest BCUT2D eigenvalue weighted by molar-refractivity contribution is 5.80. The Morgan fingerprint density at radius 3 is 2.10 bits per heavy atom. The molecule has 1 aromatic heterocycles. The third-order valence-electron chi connectivity index (χ3n) is 6.36. The molecule has 12 heteroatoms. The topological polar surface area (TPSA) is 139 Å². The molecule has 12 nitrogen and oxygen atoms in total. The van der Waals surface area contributed by atoms with Gasteiger partial charge in [0.05, 0.1) is 12.2 Å². The molecule has 1 saturated heterocycles. The van der Waals surface area contributed by atoms with Crippen LogP contribution in [0.1, 0.15) is 84.6 Å². The summed E-state index contributed by atoms with van der Waals surface area (Å²) in [6, 6.07) is 5.53. The number of amides is 3. The number of nitrogens with one attached hydrogen (secondary N) is 1. The van der Waals surface area contributed by atoms with Gasteiger partial charge in [-0.3, -0.25) is 4.79 Å². The first-order valence-electron chi connectivity index (χ1n) is 14.1. The van der Waals surface area contributed by atoms with Gasteiger partial charge in [0.25, 0.3) is 0 Å². The number of benzene rings is 1. The van der Waals surface area contributed by atoms with Crippen molar-refractivity contribution in [1.29, 1.82) is 0 Å². The Bertz CT molecular complexity index is 1180. The number of hydrogen-bond acceptors (Lipinski definition) is 8. The number of piperazine rings is 1. The van der Waals surface area contributed by atoms with Crippen LogP contribution in [0.3, 0.4) is 0 Å². The van der Waals surface area contributed by atoms with Crippen molar-refractivity contribution < 1.29 is 29.0 Å². The maximum Gasteiger partial charge on any atom is 0.410 e. The molecule has 2 atom stereocenters. The van der Waals surface area contributed by atoms with Gasteiger partial charge in [0.1, 0.15) is 28.7 Å². The van der Waals surface area contributed by atoms with Gasteiger partial charge in [-0.2, -0.15) is 0 Å². The smallest absolute Gasteiger partial charge is 0.410 e. The minimum absolute atomic E-state index is 0.0951. The molecule has 0 saturated carbocycles. The number of rotatable bonds is 8. The van der Waals surface area contributed by atoms with Crippen molar-refractivity contribution in [3.63, 3.8) is 0 Å². The molecule has 2 aromatic rings. The van der Waals surface area contributed by atoms with Crippen LogP contribution in [0.15, 0.2) is 30.5 Å². The normalized spacial score (nSPS) is 15.7. The first kappa shape index (κ1) is 31.7. The van der Waals surface area contributed by atoms with Gasteiger partial charge in [-0.05, 0) is 72.1 Å². The van der Waals surface area contributed by atoms with Crippen molar-refractivity contribution in [3.05, 3.63) is 41.7 Å². The summed E-state index contributed by atoms with van der Waals surface area (Å²) in [5.41, 5.74) is 0.0752. The van der Waals surface area contributed by atoms with Crippen molar-refractivity contribution in [2.24, 2.45) is 0 Å². The molecule has 1 aliphatic heterocycles. The molecule has 1 fully saturated rings. The Hall–Kier alpha value is -3.83. The van der Waals surface area contributed by atoms with E-state index in [0.717, 1.165) is 12.0 Å². The van der Waals surface area contributed by atoms with Crippen LogP contribution in [-0.4, -0.2) is 85.4 Å². The first-order chi connectivity index (χ1) is 19.1. The zero-order chi connectivity index (χ0) is 30.4. The lowest BCUT2D eigenvalue weighted by atomic mass is 10.0. The lowest BCUT2D eigenvalue weighted by Crippen LogP contribution is -2.53. The number of aromatic hydroxyl groups is 1. The Balaban J connectivity index is 1.75. The summed E-state index contributed by atoms with van der Waals surface area (Å²) in [6.45, 7) is 14.4. The van der Waals surface area contributed by atoms with Gasteiger partial charge in [-0.15, -0.1) is 5.10 Å². The molecule has 2 N–H and O–H groups in total. The zero-order valence-corrected chi connectivity index (χ0v) is 25.2. The second kappa shape index (κ2) is 13.2. The number of alkyl carbamates (subject to hydrolysis) is 1. The lowest BCUT2D eigenvalue weighted by Gasteiger charge is -2.37. The average Bonchev–Trinajstić information content (AvgIpc) is 3.36. The fourth-order valence-corrected chi connectivity index (χ4v) is 4.44. The number of phenols is 1. The Kier molecular flexibility index (Phi) is 10.2. The van der Waals surface area contributed by atoms with Crippen LogP contribution in [0, 0.1) is 0 Å². The molecular formula is C29H44N6O6. The number of carbonyl (C=O) groups is 3. The summed E-state index contributed by atoms with van der Waals surface area (Å²) in [5.74, 6) is 0.0477. The van der Waals surface area contributed by atoms with E-state index < -0.39 is 29.4 Å². The van der Waals surface area contributed by atoms with Crippen molar-refractivity contribution in [2.75, 3.05) is 26.2 Å². The van der Waals surface area contributed by atoms with Crippen molar-refractivity contribution in [1.82, 2.24) is 30.1 Å². The summed E-state index contributed by atoms with van der Waals surface area (Å²) in [5, 5.41) is 21.2. The van der Waals surface area contributed by atoms with Gasteiger partial charge < -0.3 is 29.7 Å². The van der Waals surface area contributed by atoms with Gasteiger partial charge in [-0.1, -0.05) is 30.7 Å². The fourth-order valence-electron chi connectivity index (χ4n) is 4.44. The molecule has 2 heterocycles. The molecule has 1 aromatic carbocycles. The van der Waals surface area contributed by atoms with Crippen LogP contribution in [0.4, 0.5) is 9.59 Å². The van der Waals surface area contributed by atoms with Crippen LogP contribution in [0.5, 0.6) is 5.75 Å². The number of hydrogen-bond donors (Lipinski definition) is 2. The number of phenolic OH excluding ortho intramolecular Hbond substituents is 1. The number of nitrogens with zero attached hydrogens (tertiary/aromatic N) is 5. The van der Waals surface area contributed by atoms with Gasteiger partial charge in [0.15, 0.2) is 0 Å². The second-order valence-electron chi connectivity index (χ2n) is 12.3. The van der Waals surface area contributed by atoms with E-state index in [1.807, 2.05) is 27.7 Å². The van der Waals surface area contributed by atoms with Gasteiger partial charge in [0, 0.05) is 26.2 Å². The maximum atomic E-state index is 13.6. The quantitative estimate of drug-likeness (QED) is 0.480. The van der Waals surface area contributed by atoms with Crippen LogP contribution in [-0.2, 0) is 20.7 Å². The summed E-state index contributed by atoms with van der Waals surface area (Å²) in [4.78, 5) is 42.1. The molecule has 3 amide bonds. The van der Waals surface area contributed by atoms with E-state index in [9.17, 15) is 19.5 Å². The number of carbonyl (C=O) groups excluding carboxylic acids is 3. The van der Waals surface area contributed by atoms with E-state index in [1.165, 1.54) is 0 Å². The molecule has 0 unspecified atom stereocenters. The van der Waals surface area contributed by atoms with Gasteiger partial charge in [-0.25, -0.2) is 14.3 Å². The van der Waals surface area contributed by atoms with E-state index in [0.29, 0.717) is 44.7 Å². The molecule has 226 valence electrons. The molecule has 0 radical (unpaired) electrons. The van der Waals surface area contributed by atoms with E-state index in [-0.39, 0.29) is 17.7 Å². The van der Waals surface area contributed by atoms with Crippen LogP contribution >= 0.6 is 0 Å². The second-order valence-corrected chi connectivity index (χ2v) is 12.3. The summed E-state index contributed by atoms with van der Waals surface area (Å²) in [7, 11) is 0. The third kappa shape index (κ3) is 9.65. The monoisotopic (exact) mass is 572 g/mol. The molecule has 41 heavy (non-hydrogen) atoms. The van der Waals surface area contributed by atoms with Gasteiger partial charge in [0.2, 0.25) is 5.91 Å². The highest BCUT2D eigenvalue weighted by atomic mass is 16.6. The highest BCUT2D eigenvalue weighted by Gasteiger charge is 2.32. The predicted molar refractivity (Wildman–Crippen MR) is 152 cm³/mol. The van der Waals surface area contributed by atoms with E-state index in [4.69, 9.17) is 9.47 Å². The van der Waals surface area contributed by atoms with Crippen LogP contribution < -0.4 is 5.32 Å². The molecule has 0 bridgehead atoms. The Morgan fingerprint density at radius 1 is 0.951 bits per heavy atom. The van der Waals surface area contributed by atoms with Crippen molar-refractivity contribution >= 4 is 18.1 Å².